The molecule has 1 aromatic heterocycles. The Bertz CT molecular complexity index is 708. The van der Waals surface area contributed by atoms with Crippen molar-refractivity contribution >= 4 is 22.7 Å². The normalized spacial score (nSPS) is 16.0. The largest absolute Gasteiger partial charge is 0.417 e. The van der Waals surface area contributed by atoms with Crippen molar-refractivity contribution in [1.82, 2.24) is 9.88 Å². The third kappa shape index (κ3) is 2.66. The average molecular weight is 289 g/mol. The minimum absolute atomic E-state index is 0.0453. The highest BCUT2D eigenvalue weighted by Crippen LogP contribution is 2.21. The summed E-state index contributed by atoms with van der Waals surface area (Å²) in [7, 11) is 0. The molecule has 0 radical (unpaired) electrons. The number of rotatable bonds is 2. The Hall–Kier alpha value is -2.24. The first-order chi connectivity index (χ1) is 10.0. The Morgan fingerprint density at radius 1 is 1.24 bits per heavy atom. The summed E-state index contributed by atoms with van der Waals surface area (Å²) in [6.07, 6.45) is 0. The molecule has 1 aromatic carbocycles. The lowest BCUT2D eigenvalue weighted by Crippen LogP contribution is -2.49. The van der Waals surface area contributed by atoms with Crippen LogP contribution >= 0.6 is 0 Å². The van der Waals surface area contributed by atoms with E-state index in [1.165, 1.54) is 0 Å². The highest BCUT2D eigenvalue weighted by atomic mass is 16.4. The molecular formula is C15H19N3O3. The van der Waals surface area contributed by atoms with Gasteiger partial charge in [0.25, 0.3) is 0 Å². The second kappa shape index (κ2) is 5.27. The highest BCUT2D eigenvalue weighted by Gasteiger charge is 2.23. The number of amides is 1. The number of piperazine rings is 1. The molecule has 1 N–H and O–H groups in total. The molecule has 0 saturated carbocycles. The highest BCUT2D eigenvalue weighted by molar-refractivity contribution is 5.79. The molecule has 6 nitrogen and oxygen atoms in total. The lowest BCUT2D eigenvalue weighted by Gasteiger charge is -2.36. The Kier molecular flexibility index (Phi) is 3.45. The predicted octanol–water partition coefficient (Wildman–Crippen LogP) is 1.43. The summed E-state index contributed by atoms with van der Waals surface area (Å²) < 4.78 is 5.00. The van der Waals surface area contributed by atoms with E-state index in [-0.39, 0.29) is 11.8 Å². The number of carbonyl (C=O) groups excluding carboxylic acids is 1. The van der Waals surface area contributed by atoms with Crippen molar-refractivity contribution in [3.05, 3.63) is 28.7 Å². The molecule has 1 saturated heterocycles. The van der Waals surface area contributed by atoms with Gasteiger partial charge < -0.3 is 14.2 Å². The minimum atomic E-state index is -0.436. The maximum absolute atomic E-state index is 12.0. The van der Waals surface area contributed by atoms with Crippen molar-refractivity contribution in [1.29, 1.82) is 0 Å². The average Bonchev–Trinajstić information content (AvgIpc) is 2.85. The molecule has 0 bridgehead atoms. The molecular weight excluding hydrogens is 270 g/mol. The molecule has 1 amide bonds. The van der Waals surface area contributed by atoms with E-state index in [9.17, 15) is 9.59 Å². The van der Waals surface area contributed by atoms with Crippen LogP contribution in [-0.2, 0) is 4.79 Å². The molecule has 0 atom stereocenters. The van der Waals surface area contributed by atoms with Gasteiger partial charge in [0.15, 0.2) is 5.58 Å². The van der Waals surface area contributed by atoms with Crippen LogP contribution in [0.4, 0.5) is 5.69 Å². The topological polar surface area (TPSA) is 69.6 Å². The summed E-state index contributed by atoms with van der Waals surface area (Å²) in [5.74, 6) is -0.178. The Morgan fingerprint density at radius 3 is 2.62 bits per heavy atom. The zero-order valence-electron chi connectivity index (χ0n) is 12.3. The second-order valence-corrected chi connectivity index (χ2v) is 5.66. The quantitative estimate of drug-likeness (QED) is 0.908. The molecule has 1 fully saturated rings. The van der Waals surface area contributed by atoms with Gasteiger partial charge in [0, 0.05) is 37.8 Å². The Morgan fingerprint density at radius 2 is 1.95 bits per heavy atom. The molecule has 0 aliphatic carbocycles. The van der Waals surface area contributed by atoms with E-state index in [1.807, 2.05) is 30.9 Å². The van der Waals surface area contributed by atoms with Gasteiger partial charge in [-0.3, -0.25) is 9.78 Å². The summed E-state index contributed by atoms with van der Waals surface area (Å²) in [4.78, 5) is 30.0. The van der Waals surface area contributed by atoms with Crippen LogP contribution in [0.15, 0.2) is 27.4 Å². The number of aromatic amines is 1. The summed E-state index contributed by atoms with van der Waals surface area (Å²) in [5, 5.41) is 0. The fourth-order valence-electron chi connectivity index (χ4n) is 2.69. The lowest BCUT2D eigenvalue weighted by molar-refractivity contribution is -0.134. The van der Waals surface area contributed by atoms with Gasteiger partial charge in [-0.15, -0.1) is 0 Å². The van der Waals surface area contributed by atoms with E-state index in [4.69, 9.17) is 4.42 Å². The van der Waals surface area contributed by atoms with Crippen molar-refractivity contribution in [2.24, 2.45) is 5.92 Å². The van der Waals surface area contributed by atoms with Crippen molar-refractivity contribution in [2.75, 3.05) is 31.1 Å². The van der Waals surface area contributed by atoms with Gasteiger partial charge in [-0.05, 0) is 18.2 Å². The number of hydrogen-bond donors (Lipinski definition) is 1. The smallest absolute Gasteiger partial charge is 0.408 e. The molecule has 2 heterocycles. The first-order valence-corrected chi connectivity index (χ1v) is 7.21. The monoisotopic (exact) mass is 289 g/mol. The number of aromatic nitrogens is 1. The molecule has 2 aromatic rings. The zero-order valence-corrected chi connectivity index (χ0v) is 12.3. The second-order valence-electron chi connectivity index (χ2n) is 5.66. The van der Waals surface area contributed by atoms with Crippen LogP contribution in [0.25, 0.3) is 11.1 Å². The molecule has 0 unspecified atom stereocenters. The van der Waals surface area contributed by atoms with Crippen molar-refractivity contribution < 1.29 is 9.21 Å². The van der Waals surface area contributed by atoms with Gasteiger partial charge in [0.05, 0.1) is 5.52 Å². The number of H-pyrrole nitrogens is 1. The molecule has 21 heavy (non-hydrogen) atoms. The van der Waals surface area contributed by atoms with Crippen LogP contribution in [0.2, 0.25) is 0 Å². The number of anilines is 1. The van der Waals surface area contributed by atoms with E-state index in [2.05, 4.69) is 9.88 Å². The predicted molar refractivity (Wildman–Crippen MR) is 80.5 cm³/mol. The van der Waals surface area contributed by atoms with E-state index in [0.29, 0.717) is 11.1 Å². The molecule has 3 rings (SSSR count). The van der Waals surface area contributed by atoms with Gasteiger partial charge in [0.1, 0.15) is 0 Å². The Labute approximate surface area is 122 Å². The van der Waals surface area contributed by atoms with E-state index >= 15 is 0 Å². The van der Waals surface area contributed by atoms with Crippen molar-refractivity contribution in [3.8, 4) is 0 Å². The molecule has 1 aliphatic heterocycles. The zero-order chi connectivity index (χ0) is 15.0. The number of hydrogen-bond acceptors (Lipinski definition) is 4. The maximum Gasteiger partial charge on any atom is 0.417 e. The van der Waals surface area contributed by atoms with Gasteiger partial charge in [-0.1, -0.05) is 13.8 Å². The summed E-state index contributed by atoms with van der Waals surface area (Å²) in [6, 6.07) is 5.66. The molecule has 112 valence electrons. The first-order valence-electron chi connectivity index (χ1n) is 7.21. The number of benzene rings is 1. The fourth-order valence-corrected chi connectivity index (χ4v) is 2.69. The summed E-state index contributed by atoms with van der Waals surface area (Å²) in [5.41, 5.74) is 2.31. The van der Waals surface area contributed by atoms with Gasteiger partial charge in [-0.25, -0.2) is 4.79 Å². The van der Waals surface area contributed by atoms with Crippen LogP contribution < -0.4 is 10.7 Å². The number of oxazole rings is 1. The number of nitrogens with zero attached hydrogens (tertiary/aromatic N) is 2. The van der Waals surface area contributed by atoms with Crippen LogP contribution in [-0.4, -0.2) is 42.0 Å². The van der Waals surface area contributed by atoms with Crippen LogP contribution in [0.3, 0.4) is 0 Å². The molecule has 1 aliphatic rings. The van der Waals surface area contributed by atoms with Gasteiger partial charge >= 0.3 is 5.76 Å². The SMILES string of the molecule is CC(C)C(=O)N1CCN(c2ccc3oc(=O)[nH]c3c2)CC1. The van der Waals surface area contributed by atoms with Crippen LogP contribution in [0.1, 0.15) is 13.8 Å². The third-order valence-corrected chi connectivity index (χ3v) is 3.85. The minimum Gasteiger partial charge on any atom is -0.408 e. The number of fused-ring (bicyclic) bond motifs is 1. The van der Waals surface area contributed by atoms with E-state index in [0.717, 1.165) is 31.9 Å². The molecule has 0 spiro atoms. The maximum atomic E-state index is 12.0. The van der Waals surface area contributed by atoms with Gasteiger partial charge in [0.2, 0.25) is 5.91 Å². The van der Waals surface area contributed by atoms with E-state index in [1.54, 1.807) is 6.07 Å². The lowest BCUT2D eigenvalue weighted by atomic mass is 10.1. The summed E-state index contributed by atoms with van der Waals surface area (Å²) >= 11 is 0. The standard InChI is InChI=1S/C15H19N3O3/c1-10(2)14(19)18-7-5-17(6-8-18)11-3-4-13-12(9-11)16-15(20)21-13/h3-4,9-10H,5-8H2,1-2H3,(H,16,20). The number of nitrogens with one attached hydrogen (secondary N) is 1. The summed E-state index contributed by atoms with van der Waals surface area (Å²) in [6.45, 7) is 6.92. The van der Waals surface area contributed by atoms with Crippen LogP contribution in [0, 0.1) is 5.92 Å². The molecule has 6 heteroatoms. The van der Waals surface area contributed by atoms with Crippen molar-refractivity contribution in [3.63, 3.8) is 0 Å². The van der Waals surface area contributed by atoms with Crippen LogP contribution in [0.5, 0.6) is 0 Å². The van der Waals surface area contributed by atoms with E-state index < -0.39 is 5.76 Å². The third-order valence-electron chi connectivity index (χ3n) is 3.85. The van der Waals surface area contributed by atoms with Crippen molar-refractivity contribution in [2.45, 2.75) is 13.8 Å². The first kappa shape index (κ1) is 13.7. The fraction of sp³-hybridized carbons (Fsp3) is 0.467. The Balaban J connectivity index is 1.73. The van der Waals surface area contributed by atoms with Gasteiger partial charge in [-0.2, -0.15) is 0 Å². The number of carbonyl (C=O) groups is 1.